The molecule has 0 aromatic heterocycles. The van der Waals surface area contributed by atoms with Crippen molar-refractivity contribution in [3.8, 4) is 0 Å². The minimum atomic E-state index is 0.225. The molecule has 0 unspecified atom stereocenters. The molecule has 0 saturated heterocycles. The van der Waals surface area contributed by atoms with Gasteiger partial charge in [-0.3, -0.25) is 0 Å². The summed E-state index contributed by atoms with van der Waals surface area (Å²) in [6, 6.07) is 0. The molecule has 0 aromatic carbocycles. The molecule has 0 saturated carbocycles. The van der Waals surface area contributed by atoms with Crippen molar-refractivity contribution in [3.63, 3.8) is 0 Å². The number of hydrogen-bond donors (Lipinski definition) is 0. The van der Waals surface area contributed by atoms with E-state index in [0.29, 0.717) is 5.92 Å². The van der Waals surface area contributed by atoms with Crippen LogP contribution in [0.15, 0.2) is 0 Å². The molecule has 0 atom stereocenters. The first-order chi connectivity index (χ1) is 7.70. The van der Waals surface area contributed by atoms with Crippen molar-refractivity contribution in [1.82, 2.24) is 0 Å². The van der Waals surface area contributed by atoms with Crippen LogP contribution in [0.2, 0.25) is 0 Å². The Labute approximate surface area is 102 Å². The molecular formula is C14H30O2. The van der Waals surface area contributed by atoms with E-state index in [0.717, 1.165) is 13.2 Å². The first kappa shape index (κ1) is 15.9. The zero-order valence-corrected chi connectivity index (χ0v) is 11.8. The van der Waals surface area contributed by atoms with Crippen LogP contribution in [0.3, 0.4) is 0 Å². The van der Waals surface area contributed by atoms with Gasteiger partial charge in [-0.1, -0.05) is 46.5 Å². The number of ether oxygens (including phenoxy) is 2. The third-order valence-corrected chi connectivity index (χ3v) is 3.74. The largest absolute Gasteiger partial charge is 0.384 e. The Bertz CT molecular complexity index is 147. The predicted octanol–water partition coefficient (Wildman–Crippen LogP) is 3.89. The van der Waals surface area contributed by atoms with Crippen LogP contribution < -0.4 is 0 Å². The molecule has 0 aliphatic heterocycles. The van der Waals surface area contributed by atoms with Gasteiger partial charge < -0.3 is 9.47 Å². The Morgan fingerprint density at radius 1 is 0.938 bits per heavy atom. The van der Waals surface area contributed by atoms with Crippen molar-refractivity contribution in [2.24, 2.45) is 11.3 Å². The smallest absolute Gasteiger partial charge is 0.0543 e. The van der Waals surface area contributed by atoms with Gasteiger partial charge in [0.25, 0.3) is 0 Å². The Morgan fingerprint density at radius 3 is 1.75 bits per heavy atom. The molecule has 0 radical (unpaired) electrons. The van der Waals surface area contributed by atoms with Crippen molar-refractivity contribution in [2.45, 2.75) is 52.9 Å². The van der Waals surface area contributed by atoms with Gasteiger partial charge in [0, 0.05) is 19.6 Å². The van der Waals surface area contributed by atoms with Crippen LogP contribution in [-0.2, 0) is 9.47 Å². The van der Waals surface area contributed by atoms with Crippen molar-refractivity contribution < 1.29 is 9.47 Å². The third kappa shape index (κ3) is 4.42. The van der Waals surface area contributed by atoms with Crippen LogP contribution >= 0.6 is 0 Å². The van der Waals surface area contributed by atoms with E-state index in [9.17, 15) is 0 Å². The first-order valence-electron chi connectivity index (χ1n) is 6.68. The van der Waals surface area contributed by atoms with Crippen LogP contribution in [0.4, 0.5) is 0 Å². The zero-order valence-electron chi connectivity index (χ0n) is 11.8. The lowest BCUT2D eigenvalue weighted by atomic mass is 9.70. The van der Waals surface area contributed by atoms with Gasteiger partial charge >= 0.3 is 0 Å². The molecular weight excluding hydrogens is 200 g/mol. The van der Waals surface area contributed by atoms with E-state index in [-0.39, 0.29) is 5.41 Å². The second kappa shape index (κ2) is 9.00. The van der Waals surface area contributed by atoms with Crippen molar-refractivity contribution in [1.29, 1.82) is 0 Å². The van der Waals surface area contributed by atoms with Gasteiger partial charge in [-0.15, -0.1) is 0 Å². The van der Waals surface area contributed by atoms with E-state index in [2.05, 4.69) is 20.8 Å². The third-order valence-electron chi connectivity index (χ3n) is 3.74. The fourth-order valence-corrected chi connectivity index (χ4v) is 2.88. The van der Waals surface area contributed by atoms with Gasteiger partial charge in [-0.2, -0.15) is 0 Å². The highest BCUT2D eigenvalue weighted by atomic mass is 16.5. The number of unbranched alkanes of at least 4 members (excludes halogenated alkanes) is 1. The normalized spacial score (nSPS) is 12.4. The maximum Gasteiger partial charge on any atom is 0.0543 e. The highest BCUT2D eigenvalue weighted by Crippen LogP contribution is 2.38. The Morgan fingerprint density at radius 2 is 1.44 bits per heavy atom. The van der Waals surface area contributed by atoms with Crippen molar-refractivity contribution in [3.05, 3.63) is 0 Å². The summed E-state index contributed by atoms with van der Waals surface area (Å²) < 4.78 is 10.9. The molecule has 0 heterocycles. The van der Waals surface area contributed by atoms with E-state index >= 15 is 0 Å². The lowest BCUT2D eigenvalue weighted by Crippen LogP contribution is -2.39. The lowest BCUT2D eigenvalue weighted by Gasteiger charge is -2.39. The lowest BCUT2D eigenvalue weighted by molar-refractivity contribution is -0.0396. The topological polar surface area (TPSA) is 18.5 Å². The summed E-state index contributed by atoms with van der Waals surface area (Å²) in [4.78, 5) is 0. The molecule has 0 rings (SSSR count). The van der Waals surface area contributed by atoms with Crippen LogP contribution in [0.5, 0.6) is 0 Å². The maximum absolute atomic E-state index is 5.46. The Hall–Kier alpha value is -0.0800. The number of methoxy groups -OCH3 is 2. The van der Waals surface area contributed by atoms with Crippen LogP contribution in [0.25, 0.3) is 0 Å². The maximum atomic E-state index is 5.46. The molecule has 16 heavy (non-hydrogen) atoms. The SMILES string of the molecule is CCCCC(COC)(COC)C(CC)CC. The van der Waals surface area contributed by atoms with Gasteiger partial charge in [0.05, 0.1) is 13.2 Å². The second-order valence-electron chi connectivity index (χ2n) is 4.85. The minimum absolute atomic E-state index is 0.225. The quantitative estimate of drug-likeness (QED) is 0.567. The minimum Gasteiger partial charge on any atom is -0.384 e. The van der Waals surface area contributed by atoms with Crippen LogP contribution in [0, 0.1) is 11.3 Å². The molecule has 0 bridgehead atoms. The Balaban J connectivity index is 4.73. The summed E-state index contributed by atoms with van der Waals surface area (Å²) in [6.45, 7) is 8.46. The summed E-state index contributed by atoms with van der Waals surface area (Å²) in [5.41, 5.74) is 0.225. The van der Waals surface area contributed by atoms with E-state index in [1.165, 1.54) is 32.1 Å². The molecule has 0 aliphatic carbocycles. The first-order valence-corrected chi connectivity index (χ1v) is 6.68. The standard InChI is InChI=1S/C14H30O2/c1-6-9-10-14(11-15-4,12-16-5)13(7-2)8-3/h13H,6-12H2,1-5H3. The Kier molecular flexibility index (Phi) is 8.96. The summed E-state index contributed by atoms with van der Waals surface area (Å²) in [7, 11) is 3.61. The second-order valence-corrected chi connectivity index (χ2v) is 4.85. The number of hydrogen-bond acceptors (Lipinski definition) is 2. The van der Waals surface area contributed by atoms with E-state index in [4.69, 9.17) is 9.47 Å². The molecule has 2 heteroatoms. The predicted molar refractivity (Wildman–Crippen MR) is 69.8 cm³/mol. The summed E-state index contributed by atoms with van der Waals surface area (Å²) in [5.74, 6) is 0.707. The molecule has 0 amide bonds. The van der Waals surface area contributed by atoms with Crippen molar-refractivity contribution >= 4 is 0 Å². The highest BCUT2D eigenvalue weighted by molar-refractivity contribution is 4.85. The van der Waals surface area contributed by atoms with E-state index < -0.39 is 0 Å². The van der Waals surface area contributed by atoms with Gasteiger partial charge in [0.1, 0.15) is 0 Å². The van der Waals surface area contributed by atoms with Crippen molar-refractivity contribution in [2.75, 3.05) is 27.4 Å². The molecule has 98 valence electrons. The molecule has 0 N–H and O–H groups in total. The number of rotatable bonds is 10. The molecule has 2 nitrogen and oxygen atoms in total. The summed E-state index contributed by atoms with van der Waals surface area (Å²) in [5, 5.41) is 0. The van der Waals surface area contributed by atoms with Gasteiger partial charge in [0.2, 0.25) is 0 Å². The zero-order chi connectivity index (χ0) is 12.4. The molecule has 0 aromatic rings. The van der Waals surface area contributed by atoms with Crippen LogP contribution in [-0.4, -0.2) is 27.4 Å². The van der Waals surface area contributed by atoms with Crippen LogP contribution in [0.1, 0.15) is 52.9 Å². The molecule has 0 aliphatic rings. The van der Waals surface area contributed by atoms with E-state index in [1.54, 1.807) is 14.2 Å². The highest BCUT2D eigenvalue weighted by Gasteiger charge is 2.36. The molecule has 0 spiro atoms. The molecule has 0 fully saturated rings. The van der Waals surface area contributed by atoms with Gasteiger partial charge in [-0.25, -0.2) is 0 Å². The average Bonchev–Trinajstić information content (AvgIpc) is 2.28. The fraction of sp³-hybridized carbons (Fsp3) is 1.00. The van der Waals surface area contributed by atoms with E-state index in [1.807, 2.05) is 0 Å². The average molecular weight is 230 g/mol. The monoisotopic (exact) mass is 230 g/mol. The summed E-state index contributed by atoms with van der Waals surface area (Å²) >= 11 is 0. The van der Waals surface area contributed by atoms with Gasteiger partial charge in [-0.05, 0) is 12.3 Å². The van der Waals surface area contributed by atoms with Gasteiger partial charge in [0.15, 0.2) is 0 Å². The summed E-state index contributed by atoms with van der Waals surface area (Å²) in [6.07, 6.45) is 6.16. The fourth-order valence-electron chi connectivity index (χ4n) is 2.88.